The molecule has 0 aliphatic carbocycles. The highest BCUT2D eigenvalue weighted by molar-refractivity contribution is 6.20. The van der Waals surface area contributed by atoms with Gasteiger partial charge < -0.3 is 14.7 Å². The smallest absolute Gasteiger partial charge is 0.154 e. The molecule has 5 nitrogen and oxygen atoms in total. The lowest BCUT2D eigenvalue weighted by Crippen LogP contribution is -2.15. The number of aliphatic imine (C=N–C) groups is 1. The largest absolute Gasteiger partial charge is 0.456 e. The third-order valence-corrected chi connectivity index (χ3v) is 10.9. The SMILES string of the molecule is CC.Cn1c2c(-c3ccc4c(c3)oc3ccccc34)cccc2c2ccc3ccccc3c21.N=C(N=C(N)c1ccc2ccccc2c1)c1ccc2ccccc2c1. The zero-order valence-electron chi connectivity index (χ0n) is 32.7. The first-order chi connectivity index (χ1) is 28.5. The van der Waals surface area contributed by atoms with Gasteiger partial charge in [-0.05, 0) is 62.8 Å². The Kier molecular flexibility index (Phi) is 9.48. The van der Waals surface area contributed by atoms with Crippen LogP contribution in [0.2, 0.25) is 0 Å². The average Bonchev–Trinajstić information content (AvgIpc) is 3.81. The van der Waals surface area contributed by atoms with Gasteiger partial charge in [0, 0.05) is 50.7 Å². The van der Waals surface area contributed by atoms with Crippen LogP contribution in [-0.4, -0.2) is 16.2 Å². The number of nitrogens with zero attached hydrogens (tertiary/aromatic N) is 2. The van der Waals surface area contributed by atoms with E-state index in [1.54, 1.807) is 0 Å². The number of aryl methyl sites for hydroxylation is 1. The summed E-state index contributed by atoms with van der Waals surface area (Å²) in [4.78, 5) is 4.31. The average molecular weight is 751 g/mol. The molecular weight excluding hydrogens is 709 g/mol. The number of para-hydroxylation sites is 2. The molecule has 5 heteroatoms. The van der Waals surface area contributed by atoms with Crippen molar-refractivity contribution in [2.45, 2.75) is 13.8 Å². The van der Waals surface area contributed by atoms with Gasteiger partial charge in [-0.3, -0.25) is 5.41 Å². The number of hydrogen-bond acceptors (Lipinski definition) is 2. The number of benzene rings is 9. The number of furan rings is 1. The molecule has 0 unspecified atom stereocenters. The first kappa shape index (κ1) is 36.2. The van der Waals surface area contributed by atoms with E-state index >= 15 is 0 Å². The van der Waals surface area contributed by atoms with Crippen LogP contribution in [0.3, 0.4) is 0 Å². The van der Waals surface area contributed by atoms with Gasteiger partial charge >= 0.3 is 0 Å². The van der Waals surface area contributed by atoms with Crippen LogP contribution in [0.5, 0.6) is 0 Å². The van der Waals surface area contributed by atoms with Gasteiger partial charge in [-0.2, -0.15) is 0 Å². The topological polar surface area (TPSA) is 80.3 Å². The van der Waals surface area contributed by atoms with E-state index in [2.05, 4.69) is 114 Å². The minimum atomic E-state index is 0.163. The fourth-order valence-electron chi connectivity index (χ4n) is 8.13. The summed E-state index contributed by atoms with van der Waals surface area (Å²) in [7, 11) is 2.18. The lowest BCUT2D eigenvalue weighted by molar-refractivity contribution is 0.669. The third-order valence-electron chi connectivity index (χ3n) is 10.9. The Morgan fingerprint density at radius 1 is 0.483 bits per heavy atom. The highest BCUT2D eigenvalue weighted by Crippen LogP contribution is 2.40. The maximum Gasteiger partial charge on any atom is 0.154 e. The zero-order chi connectivity index (χ0) is 39.8. The van der Waals surface area contributed by atoms with Gasteiger partial charge in [0.2, 0.25) is 0 Å². The molecule has 9 aromatic carbocycles. The molecule has 2 aromatic heterocycles. The van der Waals surface area contributed by atoms with Crippen molar-refractivity contribution in [1.29, 1.82) is 5.41 Å². The van der Waals surface area contributed by atoms with Gasteiger partial charge in [0.05, 0.1) is 11.0 Å². The summed E-state index contributed by atoms with van der Waals surface area (Å²) in [6, 6.07) is 62.6. The summed E-state index contributed by atoms with van der Waals surface area (Å²) < 4.78 is 8.52. The molecule has 0 radical (unpaired) electrons. The number of rotatable bonds is 3. The predicted molar refractivity (Wildman–Crippen MR) is 247 cm³/mol. The highest BCUT2D eigenvalue weighted by Gasteiger charge is 2.16. The molecule has 0 aliphatic rings. The Bertz CT molecular complexity index is 3370. The summed E-state index contributed by atoms with van der Waals surface area (Å²) in [6.07, 6.45) is 0. The molecular formula is C53H42N4O. The molecule has 0 saturated heterocycles. The van der Waals surface area contributed by atoms with Crippen LogP contribution in [0, 0.1) is 5.41 Å². The zero-order valence-corrected chi connectivity index (χ0v) is 32.7. The second-order valence-corrected chi connectivity index (χ2v) is 14.2. The highest BCUT2D eigenvalue weighted by atomic mass is 16.3. The van der Waals surface area contributed by atoms with E-state index in [9.17, 15) is 0 Å². The van der Waals surface area contributed by atoms with Crippen molar-refractivity contribution >= 4 is 87.7 Å². The van der Waals surface area contributed by atoms with E-state index in [0.29, 0.717) is 5.84 Å². The van der Waals surface area contributed by atoms with E-state index in [-0.39, 0.29) is 5.84 Å². The minimum Gasteiger partial charge on any atom is -0.456 e. The van der Waals surface area contributed by atoms with Gasteiger partial charge in [0.1, 0.15) is 17.0 Å². The van der Waals surface area contributed by atoms with Crippen molar-refractivity contribution in [3.63, 3.8) is 0 Å². The van der Waals surface area contributed by atoms with Crippen molar-refractivity contribution in [2.24, 2.45) is 17.8 Å². The fourth-order valence-corrected chi connectivity index (χ4v) is 8.13. The molecule has 11 rings (SSSR count). The van der Waals surface area contributed by atoms with Crippen LogP contribution in [0.4, 0.5) is 0 Å². The number of nitrogens with one attached hydrogen (secondary N) is 1. The molecule has 0 spiro atoms. The molecule has 0 saturated carbocycles. The van der Waals surface area contributed by atoms with Crippen LogP contribution < -0.4 is 5.73 Å². The van der Waals surface area contributed by atoms with Crippen molar-refractivity contribution in [1.82, 2.24) is 4.57 Å². The van der Waals surface area contributed by atoms with E-state index in [1.807, 2.05) is 98.8 Å². The van der Waals surface area contributed by atoms with Crippen LogP contribution in [0.1, 0.15) is 25.0 Å². The quantitative estimate of drug-likeness (QED) is 0.139. The maximum atomic E-state index is 8.28. The normalized spacial score (nSPS) is 11.6. The minimum absolute atomic E-state index is 0.163. The van der Waals surface area contributed by atoms with Gasteiger partial charge in [-0.15, -0.1) is 0 Å². The van der Waals surface area contributed by atoms with Crippen LogP contribution in [0.25, 0.3) is 87.2 Å². The first-order valence-corrected chi connectivity index (χ1v) is 19.7. The van der Waals surface area contributed by atoms with Gasteiger partial charge in [0.25, 0.3) is 0 Å². The summed E-state index contributed by atoms with van der Waals surface area (Å²) in [5.74, 6) is 0.514. The Morgan fingerprint density at radius 2 is 1.02 bits per heavy atom. The molecule has 2 heterocycles. The number of hydrogen-bond donors (Lipinski definition) is 2. The molecule has 0 bridgehead atoms. The standard InChI is InChI=1S/C29H19NO.C22H17N3.C2H6/c1-30-28-20-8-3-2-7-18(20)13-16-25(28)24-11-6-10-21(29(24)30)19-14-15-23-22-9-4-5-12-26(22)31-27(23)17-19;23-21(19-11-9-15-5-1-3-7-17(15)13-19)25-22(24)20-12-10-16-6-2-4-8-18(16)14-20;1-2/h2-17H,1H3;1-14H,(H3,23,24,25);1-2H3. The van der Waals surface area contributed by atoms with E-state index in [0.717, 1.165) is 49.2 Å². The molecule has 280 valence electrons. The number of aromatic nitrogens is 1. The Morgan fingerprint density at radius 3 is 1.76 bits per heavy atom. The van der Waals surface area contributed by atoms with E-state index < -0.39 is 0 Å². The predicted octanol–water partition coefficient (Wildman–Crippen LogP) is 13.8. The maximum absolute atomic E-state index is 8.28. The van der Waals surface area contributed by atoms with E-state index in [4.69, 9.17) is 15.6 Å². The Hall–Kier alpha value is -7.50. The van der Waals surface area contributed by atoms with E-state index in [1.165, 1.54) is 49.1 Å². The first-order valence-electron chi connectivity index (χ1n) is 19.7. The van der Waals surface area contributed by atoms with Crippen LogP contribution in [-0.2, 0) is 7.05 Å². The van der Waals surface area contributed by atoms with Crippen LogP contribution >= 0.6 is 0 Å². The number of amidine groups is 2. The van der Waals surface area contributed by atoms with Crippen molar-refractivity contribution in [3.8, 4) is 11.1 Å². The molecule has 0 amide bonds. The monoisotopic (exact) mass is 750 g/mol. The number of fused-ring (bicyclic) bond motifs is 10. The van der Waals surface area contributed by atoms with Crippen molar-refractivity contribution in [2.75, 3.05) is 0 Å². The summed E-state index contributed by atoms with van der Waals surface area (Å²) in [6.45, 7) is 4.00. The number of nitrogens with two attached hydrogens (primary N) is 1. The molecule has 0 atom stereocenters. The molecule has 58 heavy (non-hydrogen) atoms. The Labute approximate surface area is 336 Å². The Balaban J connectivity index is 0.000000148. The molecule has 0 fully saturated rings. The van der Waals surface area contributed by atoms with Gasteiger partial charge in [0.15, 0.2) is 5.84 Å². The molecule has 11 aromatic rings. The van der Waals surface area contributed by atoms with Crippen molar-refractivity contribution in [3.05, 3.63) is 193 Å². The second kappa shape index (κ2) is 15.2. The van der Waals surface area contributed by atoms with Gasteiger partial charge in [-0.1, -0.05) is 166 Å². The summed E-state index contributed by atoms with van der Waals surface area (Å²) >= 11 is 0. The summed E-state index contributed by atoms with van der Waals surface area (Å²) in [5.41, 5.74) is 14.5. The molecule has 0 aliphatic heterocycles. The van der Waals surface area contributed by atoms with Gasteiger partial charge in [-0.25, -0.2) is 4.99 Å². The fraction of sp³-hybridized carbons (Fsp3) is 0.0566. The summed E-state index contributed by atoms with van der Waals surface area (Å²) in [5, 5.41) is 20.2. The second-order valence-electron chi connectivity index (χ2n) is 14.2. The van der Waals surface area contributed by atoms with Crippen molar-refractivity contribution < 1.29 is 4.42 Å². The lowest BCUT2D eigenvalue weighted by atomic mass is 10.00. The lowest BCUT2D eigenvalue weighted by Gasteiger charge is -2.08. The van der Waals surface area contributed by atoms with Crippen LogP contribution in [0.15, 0.2) is 191 Å². The third kappa shape index (κ3) is 6.43. The molecule has 3 N–H and O–H groups in total.